The summed E-state index contributed by atoms with van der Waals surface area (Å²) < 4.78 is 13.8. The molecule has 1 aromatic heterocycles. The molecule has 0 saturated carbocycles. The number of aryl methyl sites for hydroxylation is 2. The fourth-order valence-electron chi connectivity index (χ4n) is 4.29. The first-order chi connectivity index (χ1) is 16.3. The summed E-state index contributed by atoms with van der Waals surface area (Å²) in [5.74, 6) is -0.606. The van der Waals surface area contributed by atoms with Crippen molar-refractivity contribution in [2.75, 3.05) is 5.32 Å². The van der Waals surface area contributed by atoms with Crippen molar-refractivity contribution in [3.8, 4) is 11.1 Å². The molecule has 0 spiro atoms. The first-order valence-corrected chi connectivity index (χ1v) is 12.0. The number of pyridine rings is 1. The Hall–Kier alpha value is -3.22. The first-order valence-electron chi connectivity index (χ1n) is 10.8. The van der Waals surface area contributed by atoms with Gasteiger partial charge in [-0.15, -0.1) is 11.8 Å². The minimum Gasteiger partial charge on any atom is -0.323 e. The highest BCUT2D eigenvalue weighted by Crippen LogP contribution is 2.41. The average Bonchev–Trinajstić information content (AvgIpc) is 2.79. The van der Waals surface area contributed by atoms with Gasteiger partial charge in [0.1, 0.15) is 11.1 Å². The number of benzene rings is 3. The molecule has 7 heteroatoms. The van der Waals surface area contributed by atoms with Crippen molar-refractivity contribution in [3.63, 3.8) is 0 Å². The summed E-state index contributed by atoms with van der Waals surface area (Å²) in [6.45, 7) is 5.86. The van der Waals surface area contributed by atoms with Crippen molar-refractivity contribution in [2.24, 2.45) is 4.99 Å². The maximum Gasteiger partial charge on any atom is 0.243 e. The van der Waals surface area contributed by atoms with Gasteiger partial charge < -0.3 is 5.32 Å². The fourth-order valence-corrected chi connectivity index (χ4v) is 5.58. The molecule has 1 aliphatic heterocycles. The molecule has 1 aliphatic rings. The largest absolute Gasteiger partial charge is 0.323 e. The van der Waals surface area contributed by atoms with Crippen LogP contribution in [0.25, 0.3) is 22.0 Å². The zero-order valence-corrected chi connectivity index (χ0v) is 20.4. The van der Waals surface area contributed by atoms with Crippen molar-refractivity contribution in [1.82, 2.24) is 4.98 Å². The van der Waals surface area contributed by atoms with Crippen LogP contribution in [0.1, 0.15) is 18.1 Å². The number of halogens is 2. The lowest BCUT2D eigenvalue weighted by Gasteiger charge is -2.23. The van der Waals surface area contributed by atoms with E-state index >= 15 is 0 Å². The minimum absolute atomic E-state index is 0.250. The highest BCUT2D eigenvalue weighted by atomic mass is 35.5. The molecule has 0 fully saturated rings. The van der Waals surface area contributed by atoms with E-state index in [0.29, 0.717) is 27.0 Å². The molecule has 1 unspecified atom stereocenters. The van der Waals surface area contributed by atoms with Crippen LogP contribution >= 0.6 is 23.4 Å². The van der Waals surface area contributed by atoms with E-state index in [4.69, 9.17) is 11.6 Å². The summed E-state index contributed by atoms with van der Waals surface area (Å²) in [4.78, 5) is 23.3. The van der Waals surface area contributed by atoms with Gasteiger partial charge in [-0.05, 0) is 56.7 Å². The van der Waals surface area contributed by atoms with Crippen molar-refractivity contribution in [3.05, 3.63) is 82.8 Å². The second-order valence-corrected chi connectivity index (χ2v) is 9.91. The van der Waals surface area contributed by atoms with Gasteiger partial charge in [0.05, 0.1) is 23.1 Å². The number of rotatable bonds is 3. The molecule has 0 radical (unpaired) electrons. The van der Waals surface area contributed by atoms with Gasteiger partial charge >= 0.3 is 0 Å². The number of carbonyl (C=O) groups is 1. The Morgan fingerprint density at radius 1 is 1.09 bits per heavy atom. The quantitative estimate of drug-likeness (QED) is 0.324. The lowest BCUT2D eigenvalue weighted by molar-refractivity contribution is -0.114. The molecule has 1 N–H and O–H groups in total. The number of fused-ring (bicyclic) bond motifs is 2. The van der Waals surface area contributed by atoms with Crippen LogP contribution in [0, 0.1) is 19.7 Å². The first kappa shape index (κ1) is 22.6. The van der Waals surface area contributed by atoms with E-state index in [1.165, 1.54) is 23.9 Å². The van der Waals surface area contributed by atoms with Gasteiger partial charge in [0.15, 0.2) is 0 Å². The minimum atomic E-state index is -0.594. The number of nitrogens with zero attached hydrogens (tertiary/aromatic N) is 2. The second kappa shape index (κ2) is 8.85. The monoisotopic (exact) mass is 489 g/mol. The highest BCUT2D eigenvalue weighted by Gasteiger charge is 2.29. The van der Waals surface area contributed by atoms with E-state index in [9.17, 15) is 9.18 Å². The molecule has 34 heavy (non-hydrogen) atoms. The van der Waals surface area contributed by atoms with Crippen molar-refractivity contribution < 1.29 is 9.18 Å². The number of amides is 1. The molecule has 0 saturated heterocycles. The van der Waals surface area contributed by atoms with Crippen LogP contribution in [0.2, 0.25) is 5.02 Å². The molecule has 3 aromatic carbocycles. The average molecular weight is 490 g/mol. The van der Waals surface area contributed by atoms with Crippen molar-refractivity contribution >= 4 is 57.3 Å². The number of carbonyl (C=O) groups excluding carboxylic acids is 1. The van der Waals surface area contributed by atoms with Gasteiger partial charge in [-0.25, -0.2) is 4.39 Å². The SMILES string of the molecule is CC1=Nc2ccc(F)cc2SC1C(=O)Nc1cnc2c(C)cc(C)cc2c1-c1ccccc1Cl. The molecule has 2 heterocycles. The summed E-state index contributed by atoms with van der Waals surface area (Å²) in [5.41, 5.74) is 6.51. The van der Waals surface area contributed by atoms with Crippen LogP contribution in [0.3, 0.4) is 0 Å². The third kappa shape index (κ3) is 4.08. The molecule has 0 bridgehead atoms. The summed E-state index contributed by atoms with van der Waals surface area (Å²) in [5, 5.41) is 3.96. The lowest BCUT2D eigenvalue weighted by Crippen LogP contribution is -2.32. The molecule has 1 amide bonds. The van der Waals surface area contributed by atoms with Crippen LogP contribution < -0.4 is 5.32 Å². The Morgan fingerprint density at radius 2 is 1.88 bits per heavy atom. The lowest BCUT2D eigenvalue weighted by atomic mass is 9.96. The summed E-state index contributed by atoms with van der Waals surface area (Å²) in [6, 6.07) is 16.1. The zero-order valence-electron chi connectivity index (χ0n) is 18.8. The number of anilines is 1. The fraction of sp³-hybridized carbons (Fsp3) is 0.148. The predicted octanol–water partition coefficient (Wildman–Crippen LogP) is 7.52. The van der Waals surface area contributed by atoms with Crippen LogP contribution in [-0.2, 0) is 4.79 Å². The van der Waals surface area contributed by atoms with Gasteiger partial charge in [0, 0.05) is 32.1 Å². The smallest absolute Gasteiger partial charge is 0.243 e. The molecular weight excluding hydrogens is 469 g/mol. The van der Waals surface area contributed by atoms with Gasteiger partial charge in [-0.1, -0.05) is 41.4 Å². The second-order valence-electron chi connectivity index (χ2n) is 8.36. The third-order valence-electron chi connectivity index (χ3n) is 5.79. The number of aliphatic imine (C=N–C) groups is 1. The Kier molecular flexibility index (Phi) is 5.88. The Morgan fingerprint density at radius 3 is 2.68 bits per heavy atom. The van der Waals surface area contributed by atoms with E-state index in [1.54, 1.807) is 12.3 Å². The van der Waals surface area contributed by atoms with Gasteiger partial charge in [-0.2, -0.15) is 0 Å². The maximum absolute atomic E-state index is 13.8. The van der Waals surface area contributed by atoms with Crippen LogP contribution in [0.4, 0.5) is 15.8 Å². The van der Waals surface area contributed by atoms with E-state index in [2.05, 4.69) is 27.4 Å². The van der Waals surface area contributed by atoms with Crippen molar-refractivity contribution in [1.29, 1.82) is 0 Å². The Labute approximate surface area is 206 Å². The molecule has 0 aliphatic carbocycles. The molecular formula is C27H21ClFN3OS. The topological polar surface area (TPSA) is 54.4 Å². The van der Waals surface area contributed by atoms with Crippen LogP contribution in [0.15, 0.2) is 70.7 Å². The predicted molar refractivity (Wildman–Crippen MR) is 139 cm³/mol. The molecule has 4 aromatic rings. The third-order valence-corrected chi connectivity index (χ3v) is 7.49. The molecule has 5 rings (SSSR count). The van der Waals surface area contributed by atoms with Crippen molar-refractivity contribution in [2.45, 2.75) is 30.9 Å². The molecule has 4 nitrogen and oxygen atoms in total. The van der Waals surface area contributed by atoms with E-state index in [-0.39, 0.29) is 11.7 Å². The normalized spacial score (nSPS) is 15.1. The number of hydrogen-bond donors (Lipinski definition) is 1. The zero-order chi connectivity index (χ0) is 24.0. The molecule has 1 atom stereocenters. The van der Waals surface area contributed by atoms with E-state index in [1.807, 2.05) is 45.0 Å². The summed E-state index contributed by atoms with van der Waals surface area (Å²) >= 11 is 7.89. The van der Waals surface area contributed by atoms with E-state index < -0.39 is 5.25 Å². The van der Waals surface area contributed by atoms with Crippen LogP contribution in [-0.4, -0.2) is 21.9 Å². The number of hydrogen-bond acceptors (Lipinski definition) is 4. The standard InChI is InChI=1S/C27H21ClFN3OS/c1-14-10-15(2)25-19(11-14)24(18-6-4-5-7-20(18)28)22(13-30-25)32-27(33)26-16(3)31-21-9-8-17(29)12-23(21)34-26/h4-13,26H,1-3H3,(H,32,33). The molecule has 170 valence electrons. The highest BCUT2D eigenvalue weighted by molar-refractivity contribution is 8.01. The number of thioether (sulfide) groups is 1. The van der Waals surface area contributed by atoms with Gasteiger partial charge in [0.2, 0.25) is 5.91 Å². The number of nitrogens with one attached hydrogen (secondary N) is 1. The Bertz CT molecular complexity index is 1500. The summed E-state index contributed by atoms with van der Waals surface area (Å²) in [7, 11) is 0. The van der Waals surface area contributed by atoms with Gasteiger partial charge in [-0.3, -0.25) is 14.8 Å². The van der Waals surface area contributed by atoms with E-state index in [0.717, 1.165) is 33.2 Å². The van der Waals surface area contributed by atoms with Gasteiger partial charge in [0.25, 0.3) is 0 Å². The maximum atomic E-state index is 13.8. The van der Waals surface area contributed by atoms with Crippen LogP contribution in [0.5, 0.6) is 0 Å². The Balaban J connectivity index is 1.60. The summed E-state index contributed by atoms with van der Waals surface area (Å²) in [6.07, 6.45) is 1.68. The number of aromatic nitrogens is 1.